The predicted octanol–water partition coefficient (Wildman–Crippen LogP) is 4.70. The molecule has 0 aliphatic carbocycles. The van der Waals surface area contributed by atoms with Crippen molar-refractivity contribution >= 4 is 17.3 Å². The van der Waals surface area contributed by atoms with Gasteiger partial charge in [0.05, 0.1) is 6.61 Å². The van der Waals surface area contributed by atoms with Crippen LogP contribution in [0.5, 0.6) is 5.75 Å². The van der Waals surface area contributed by atoms with E-state index in [0.29, 0.717) is 12.5 Å². The number of piperidine rings is 1. The summed E-state index contributed by atoms with van der Waals surface area (Å²) in [6.45, 7) is 9.78. The first kappa shape index (κ1) is 20.1. The largest absolute Gasteiger partial charge is 0.494 e. The molecule has 1 aliphatic rings. The van der Waals surface area contributed by atoms with Crippen molar-refractivity contribution in [2.45, 2.75) is 52.1 Å². The molecule has 140 valence electrons. The maximum absolute atomic E-state index is 5.71. The normalized spacial score (nSPS) is 16.7. The maximum Gasteiger partial charge on any atom is 0.129 e. The van der Waals surface area contributed by atoms with Crippen molar-refractivity contribution in [2.24, 2.45) is 5.16 Å². The third-order valence-electron chi connectivity index (χ3n) is 3.99. The second kappa shape index (κ2) is 10.0. The van der Waals surface area contributed by atoms with Crippen molar-refractivity contribution < 1.29 is 9.57 Å². The molecule has 0 N–H and O–H groups in total. The number of benzene rings is 1. The van der Waals surface area contributed by atoms with Crippen LogP contribution in [0.3, 0.4) is 0 Å². The highest BCUT2D eigenvalue weighted by molar-refractivity contribution is 6.17. The topological polar surface area (TPSA) is 34.1 Å². The van der Waals surface area contributed by atoms with Gasteiger partial charge in [-0.15, -0.1) is 11.6 Å². The lowest BCUT2D eigenvalue weighted by Crippen LogP contribution is -2.35. The van der Waals surface area contributed by atoms with E-state index in [1.807, 2.05) is 32.9 Å². The number of hydrogen-bond donors (Lipinski definition) is 0. The fraction of sp³-hybridized carbons (Fsp3) is 0.650. The Morgan fingerprint density at radius 1 is 1.12 bits per heavy atom. The van der Waals surface area contributed by atoms with Crippen molar-refractivity contribution in [3.8, 4) is 5.75 Å². The molecule has 5 heteroatoms. The number of oxime groups is 1. The highest BCUT2D eigenvalue weighted by atomic mass is 35.5. The van der Waals surface area contributed by atoms with Gasteiger partial charge >= 0.3 is 0 Å². The van der Waals surface area contributed by atoms with Crippen molar-refractivity contribution in [2.75, 3.05) is 32.1 Å². The van der Waals surface area contributed by atoms with Crippen LogP contribution < -0.4 is 4.74 Å². The Morgan fingerprint density at radius 2 is 1.80 bits per heavy atom. The number of ether oxygens (including phenoxy) is 1. The quantitative estimate of drug-likeness (QED) is 0.289. The summed E-state index contributed by atoms with van der Waals surface area (Å²) in [7, 11) is 0. The van der Waals surface area contributed by atoms with Gasteiger partial charge in [-0.05, 0) is 77.4 Å². The molecule has 0 saturated carbocycles. The van der Waals surface area contributed by atoms with Gasteiger partial charge in [-0.3, -0.25) is 4.90 Å². The summed E-state index contributed by atoms with van der Waals surface area (Å²) in [4.78, 5) is 8.17. The molecule has 0 unspecified atom stereocenters. The molecule has 0 atom stereocenters. The van der Waals surface area contributed by atoms with Gasteiger partial charge in [-0.25, -0.2) is 0 Å². The Labute approximate surface area is 157 Å². The van der Waals surface area contributed by atoms with Gasteiger partial charge in [0.1, 0.15) is 17.1 Å². The molecule has 0 aromatic heterocycles. The number of halogens is 1. The number of alkyl halides is 1. The molecule has 2 rings (SSSR count). The first-order valence-electron chi connectivity index (χ1n) is 9.24. The molecule has 0 bridgehead atoms. The first-order valence-corrected chi connectivity index (χ1v) is 9.78. The Kier molecular flexibility index (Phi) is 8.04. The van der Waals surface area contributed by atoms with E-state index in [2.05, 4.69) is 22.2 Å². The summed E-state index contributed by atoms with van der Waals surface area (Å²) in [5.74, 6) is 1.48. The number of rotatable bonds is 8. The van der Waals surface area contributed by atoms with Crippen LogP contribution in [0.2, 0.25) is 0 Å². The second-order valence-electron chi connectivity index (χ2n) is 7.49. The minimum absolute atomic E-state index is 0.294. The van der Waals surface area contributed by atoms with E-state index >= 15 is 0 Å². The van der Waals surface area contributed by atoms with Crippen LogP contribution in [0.4, 0.5) is 0 Å². The van der Waals surface area contributed by atoms with Gasteiger partial charge in [-0.2, -0.15) is 0 Å². The van der Waals surface area contributed by atoms with Gasteiger partial charge < -0.3 is 9.57 Å². The average Bonchev–Trinajstić information content (AvgIpc) is 2.60. The monoisotopic (exact) mass is 366 g/mol. The average molecular weight is 367 g/mol. The summed E-state index contributed by atoms with van der Waals surface area (Å²) in [6.07, 6.45) is 4.71. The number of hydrogen-bond acceptors (Lipinski definition) is 4. The van der Waals surface area contributed by atoms with E-state index in [0.717, 1.165) is 43.1 Å². The van der Waals surface area contributed by atoms with Gasteiger partial charge in [0.15, 0.2) is 0 Å². The number of likely N-dealkylation sites (tertiary alicyclic amines) is 1. The molecule has 1 aromatic rings. The Morgan fingerprint density at radius 3 is 2.40 bits per heavy atom. The van der Waals surface area contributed by atoms with E-state index in [4.69, 9.17) is 21.2 Å². The van der Waals surface area contributed by atoms with E-state index in [1.54, 1.807) is 0 Å². The van der Waals surface area contributed by atoms with E-state index in [1.165, 1.54) is 19.3 Å². The molecular formula is C20H31ClN2O2. The Balaban J connectivity index is 2.07. The van der Waals surface area contributed by atoms with Crippen LogP contribution in [0, 0.1) is 0 Å². The SMILES string of the molecule is CC(C)(C)O/N=C(\CN1CCCCC1)c1ccc(OCCCCl)cc1. The van der Waals surface area contributed by atoms with Crippen LogP contribution in [-0.2, 0) is 4.84 Å². The Hall–Kier alpha value is -1.26. The summed E-state index contributed by atoms with van der Waals surface area (Å²) in [6, 6.07) is 8.11. The highest BCUT2D eigenvalue weighted by Crippen LogP contribution is 2.17. The molecule has 1 fully saturated rings. The second-order valence-corrected chi connectivity index (χ2v) is 7.87. The zero-order valence-corrected chi connectivity index (χ0v) is 16.5. The van der Waals surface area contributed by atoms with Crippen LogP contribution in [-0.4, -0.2) is 48.3 Å². The number of nitrogens with zero attached hydrogens (tertiary/aromatic N) is 2. The van der Waals surface area contributed by atoms with Gasteiger partial charge in [-0.1, -0.05) is 11.6 Å². The van der Waals surface area contributed by atoms with Crippen molar-refractivity contribution in [1.29, 1.82) is 0 Å². The molecule has 1 aromatic carbocycles. The van der Waals surface area contributed by atoms with Gasteiger partial charge in [0.25, 0.3) is 0 Å². The van der Waals surface area contributed by atoms with E-state index in [-0.39, 0.29) is 5.60 Å². The summed E-state index contributed by atoms with van der Waals surface area (Å²) < 4.78 is 5.68. The highest BCUT2D eigenvalue weighted by Gasteiger charge is 2.17. The molecule has 1 heterocycles. The van der Waals surface area contributed by atoms with Crippen LogP contribution in [0.15, 0.2) is 29.4 Å². The van der Waals surface area contributed by atoms with E-state index < -0.39 is 0 Å². The summed E-state index contributed by atoms with van der Waals surface area (Å²) in [5, 5.41) is 4.48. The minimum Gasteiger partial charge on any atom is -0.494 e. The lowest BCUT2D eigenvalue weighted by atomic mass is 10.1. The first-order chi connectivity index (χ1) is 12.0. The molecule has 0 spiro atoms. The molecule has 1 aliphatic heterocycles. The molecule has 1 saturated heterocycles. The molecule has 4 nitrogen and oxygen atoms in total. The molecule has 25 heavy (non-hydrogen) atoms. The minimum atomic E-state index is -0.294. The van der Waals surface area contributed by atoms with Crippen LogP contribution in [0.25, 0.3) is 0 Å². The third-order valence-corrected chi connectivity index (χ3v) is 4.25. The third kappa shape index (κ3) is 7.66. The van der Waals surface area contributed by atoms with Gasteiger partial charge in [0, 0.05) is 18.0 Å². The maximum atomic E-state index is 5.71. The van der Waals surface area contributed by atoms with Gasteiger partial charge in [0.2, 0.25) is 0 Å². The molecule has 0 radical (unpaired) electrons. The zero-order valence-electron chi connectivity index (χ0n) is 15.8. The van der Waals surface area contributed by atoms with Crippen molar-refractivity contribution in [1.82, 2.24) is 4.90 Å². The van der Waals surface area contributed by atoms with Crippen molar-refractivity contribution in [3.05, 3.63) is 29.8 Å². The van der Waals surface area contributed by atoms with Crippen molar-refractivity contribution in [3.63, 3.8) is 0 Å². The lowest BCUT2D eigenvalue weighted by molar-refractivity contribution is 0.000367. The standard InChI is InChI=1S/C20H31ClN2O2/c1-20(2,3)25-22-19(16-23-13-5-4-6-14-23)17-8-10-18(11-9-17)24-15-7-12-21/h8-11H,4-7,12-16H2,1-3H3/b22-19+. The van der Waals surface area contributed by atoms with Crippen LogP contribution in [0.1, 0.15) is 52.0 Å². The summed E-state index contributed by atoms with van der Waals surface area (Å²) >= 11 is 5.68. The molecule has 0 amide bonds. The fourth-order valence-corrected chi connectivity index (χ4v) is 2.79. The Bertz CT molecular complexity index is 532. The summed E-state index contributed by atoms with van der Waals surface area (Å²) in [5.41, 5.74) is 1.77. The molecular weight excluding hydrogens is 336 g/mol. The zero-order chi connectivity index (χ0) is 18.1. The lowest BCUT2D eigenvalue weighted by Gasteiger charge is -2.27. The van der Waals surface area contributed by atoms with E-state index in [9.17, 15) is 0 Å². The predicted molar refractivity (Wildman–Crippen MR) is 105 cm³/mol. The smallest absolute Gasteiger partial charge is 0.129 e. The fourth-order valence-electron chi connectivity index (χ4n) is 2.68. The van der Waals surface area contributed by atoms with Crippen LogP contribution >= 0.6 is 11.6 Å².